The standard InChI is InChI=1S/C20H26N4O5S2/c25-24(26)18-5-4-8-20(15-18)31(27,28)22-21-17(9-10-23-11-13-29-14-12-23)16-30-19-6-2-1-3-7-19/h1-8,15,17,21-22H,9-14,16H2/t17-/m1/s1. The lowest BCUT2D eigenvalue weighted by molar-refractivity contribution is -0.385. The number of ether oxygens (including phenoxy) is 1. The number of nitro benzene ring substituents is 1. The zero-order valence-corrected chi connectivity index (χ0v) is 18.6. The number of nitrogens with zero attached hydrogens (tertiary/aromatic N) is 2. The molecule has 1 atom stereocenters. The van der Waals surface area contributed by atoms with Crippen LogP contribution in [0.2, 0.25) is 0 Å². The van der Waals surface area contributed by atoms with Gasteiger partial charge in [-0.3, -0.25) is 15.0 Å². The summed E-state index contributed by atoms with van der Waals surface area (Å²) in [5.74, 6) is 0.659. The van der Waals surface area contributed by atoms with Gasteiger partial charge < -0.3 is 4.74 Å². The average Bonchev–Trinajstić information content (AvgIpc) is 2.80. The number of morpholine rings is 1. The first-order chi connectivity index (χ1) is 14.9. The molecule has 0 unspecified atom stereocenters. The minimum atomic E-state index is -3.95. The molecule has 168 valence electrons. The molecule has 3 rings (SSSR count). The third-order valence-corrected chi connectivity index (χ3v) is 7.26. The Hall–Kier alpha value is -2.02. The van der Waals surface area contributed by atoms with E-state index in [0.717, 1.165) is 37.0 Å². The van der Waals surface area contributed by atoms with Gasteiger partial charge in [0.05, 0.1) is 23.0 Å². The maximum atomic E-state index is 12.7. The highest BCUT2D eigenvalue weighted by atomic mass is 32.2. The number of benzene rings is 2. The van der Waals surface area contributed by atoms with Gasteiger partial charge in [-0.15, -0.1) is 16.6 Å². The van der Waals surface area contributed by atoms with Crippen LogP contribution in [0.1, 0.15) is 6.42 Å². The highest BCUT2D eigenvalue weighted by molar-refractivity contribution is 7.99. The van der Waals surface area contributed by atoms with E-state index in [4.69, 9.17) is 4.74 Å². The number of sulfonamides is 1. The topological polar surface area (TPSA) is 114 Å². The molecule has 1 aliphatic rings. The van der Waals surface area contributed by atoms with E-state index in [-0.39, 0.29) is 16.6 Å². The summed E-state index contributed by atoms with van der Waals surface area (Å²) in [6.07, 6.45) is 0.733. The van der Waals surface area contributed by atoms with Crippen LogP contribution in [0.5, 0.6) is 0 Å². The quantitative estimate of drug-likeness (QED) is 0.295. The second kappa shape index (κ2) is 11.6. The summed E-state index contributed by atoms with van der Waals surface area (Å²) in [7, 11) is -3.95. The molecule has 0 spiro atoms. The monoisotopic (exact) mass is 466 g/mol. The SMILES string of the molecule is O=[N+]([O-])c1cccc(S(=O)(=O)NN[C@H](CCN2CCOCC2)CSc2ccccc2)c1. The second-order valence-electron chi connectivity index (χ2n) is 7.07. The number of non-ortho nitro benzene ring substituents is 1. The molecule has 0 amide bonds. The van der Waals surface area contributed by atoms with E-state index in [1.54, 1.807) is 11.8 Å². The Morgan fingerprint density at radius 1 is 1.13 bits per heavy atom. The number of nitrogens with one attached hydrogen (secondary N) is 2. The molecular formula is C20H26N4O5S2. The first-order valence-electron chi connectivity index (χ1n) is 9.94. The largest absolute Gasteiger partial charge is 0.379 e. The molecule has 0 saturated carbocycles. The van der Waals surface area contributed by atoms with Crippen molar-refractivity contribution in [3.63, 3.8) is 0 Å². The number of thioether (sulfide) groups is 1. The molecule has 31 heavy (non-hydrogen) atoms. The van der Waals surface area contributed by atoms with Crippen LogP contribution in [0, 0.1) is 10.1 Å². The second-order valence-corrected chi connectivity index (χ2v) is 9.84. The summed E-state index contributed by atoms with van der Waals surface area (Å²) >= 11 is 1.64. The van der Waals surface area contributed by atoms with Crippen LogP contribution >= 0.6 is 11.8 Å². The molecule has 1 fully saturated rings. The van der Waals surface area contributed by atoms with Gasteiger partial charge in [0.15, 0.2) is 0 Å². The highest BCUT2D eigenvalue weighted by Crippen LogP contribution is 2.20. The fourth-order valence-electron chi connectivity index (χ4n) is 3.06. The van der Waals surface area contributed by atoms with Crippen molar-refractivity contribution in [1.82, 2.24) is 15.2 Å². The van der Waals surface area contributed by atoms with Gasteiger partial charge in [0.25, 0.3) is 15.7 Å². The lowest BCUT2D eigenvalue weighted by Crippen LogP contribution is -2.47. The third kappa shape index (κ3) is 7.56. The summed E-state index contributed by atoms with van der Waals surface area (Å²) in [6, 6.07) is 14.7. The van der Waals surface area contributed by atoms with Crippen LogP contribution in [-0.2, 0) is 14.8 Å². The van der Waals surface area contributed by atoms with Crippen molar-refractivity contribution in [3.8, 4) is 0 Å². The van der Waals surface area contributed by atoms with Gasteiger partial charge in [0, 0.05) is 41.9 Å². The minimum Gasteiger partial charge on any atom is -0.379 e. The molecule has 0 aliphatic carbocycles. The predicted octanol–water partition coefficient (Wildman–Crippen LogP) is 2.26. The Balaban J connectivity index is 1.63. The van der Waals surface area contributed by atoms with Crippen LogP contribution in [0.4, 0.5) is 5.69 Å². The Morgan fingerprint density at radius 3 is 2.58 bits per heavy atom. The molecule has 1 saturated heterocycles. The summed E-state index contributed by atoms with van der Waals surface area (Å²) in [5.41, 5.74) is 2.66. The average molecular weight is 467 g/mol. The van der Waals surface area contributed by atoms with Crippen molar-refractivity contribution in [2.24, 2.45) is 0 Å². The van der Waals surface area contributed by atoms with Crippen molar-refractivity contribution in [3.05, 3.63) is 64.7 Å². The van der Waals surface area contributed by atoms with E-state index in [1.807, 2.05) is 30.3 Å². The molecule has 1 aliphatic heterocycles. The van der Waals surface area contributed by atoms with Crippen molar-refractivity contribution in [2.75, 3.05) is 38.6 Å². The van der Waals surface area contributed by atoms with E-state index < -0.39 is 14.9 Å². The number of nitro groups is 1. The zero-order valence-electron chi connectivity index (χ0n) is 17.0. The van der Waals surface area contributed by atoms with E-state index in [2.05, 4.69) is 15.2 Å². The molecule has 2 aromatic carbocycles. The number of hydrazine groups is 1. The third-order valence-electron chi connectivity index (χ3n) is 4.83. The molecule has 1 heterocycles. The molecule has 0 radical (unpaired) electrons. The van der Waals surface area contributed by atoms with Gasteiger partial charge in [-0.2, -0.15) is 0 Å². The molecule has 2 N–H and O–H groups in total. The van der Waals surface area contributed by atoms with E-state index in [9.17, 15) is 18.5 Å². The van der Waals surface area contributed by atoms with Gasteiger partial charge in [0.1, 0.15) is 0 Å². The van der Waals surface area contributed by atoms with Crippen LogP contribution in [0.3, 0.4) is 0 Å². The highest BCUT2D eigenvalue weighted by Gasteiger charge is 2.20. The summed E-state index contributed by atoms with van der Waals surface area (Å²) in [5, 5.41) is 11.0. The Kier molecular flexibility index (Phi) is 8.81. The van der Waals surface area contributed by atoms with Crippen LogP contribution in [0.25, 0.3) is 0 Å². The Labute approximate surface area is 186 Å². The first kappa shape index (κ1) is 23.6. The summed E-state index contributed by atoms with van der Waals surface area (Å²) < 4.78 is 30.7. The van der Waals surface area contributed by atoms with Crippen LogP contribution in [-0.4, -0.2) is 62.9 Å². The van der Waals surface area contributed by atoms with Crippen molar-refractivity contribution in [2.45, 2.75) is 22.3 Å². The number of hydrogen-bond donors (Lipinski definition) is 2. The first-order valence-corrected chi connectivity index (χ1v) is 12.4. The van der Waals surface area contributed by atoms with Crippen LogP contribution < -0.4 is 10.3 Å². The fourth-order valence-corrected chi connectivity index (χ4v) is 5.02. The molecule has 9 nitrogen and oxygen atoms in total. The fraction of sp³-hybridized carbons (Fsp3) is 0.400. The smallest absolute Gasteiger partial charge is 0.270 e. The minimum absolute atomic E-state index is 0.137. The molecular weight excluding hydrogens is 440 g/mol. The maximum absolute atomic E-state index is 12.7. The molecule has 0 bridgehead atoms. The molecule has 0 aromatic heterocycles. The van der Waals surface area contributed by atoms with Crippen molar-refractivity contribution < 1.29 is 18.1 Å². The lowest BCUT2D eigenvalue weighted by Gasteiger charge is -2.28. The van der Waals surface area contributed by atoms with E-state index in [1.165, 1.54) is 18.2 Å². The summed E-state index contributed by atoms with van der Waals surface area (Å²) in [6.45, 7) is 3.94. The predicted molar refractivity (Wildman–Crippen MR) is 119 cm³/mol. The molecule has 11 heteroatoms. The van der Waals surface area contributed by atoms with Gasteiger partial charge in [-0.25, -0.2) is 13.8 Å². The zero-order chi connectivity index (χ0) is 22.1. The maximum Gasteiger partial charge on any atom is 0.270 e. The van der Waals surface area contributed by atoms with Crippen molar-refractivity contribution in [1.29, 1.82) is 0 Å². The van der Waals surface area contributed by atoms with Gasteiger partial charge in [-0.05, 0) is 31.2 Å². The Morgan fingerprint density at radius 2 is 1.87 bits per heavy atom. The molecule has 2 aromatic rings. The Bertz CT molecular complexity index is 953. The normalized spacial score (nSPS) is 16.1. The van der Waals surface area contributed by atoms with E-state index >= 15 is 0 Å². The van der Waals surface area contributed by atoms with Gasteiger partial charge in [0.2, 0.25) is 0 Å². The van der Waals surface area contributed by atoms with E-state index in [0.29, 0.717) is 19.0 Å². The lowest BCUT2D eigenvalue weighted by atomic mass is 10.2. The number of rotatable bonds is 11. The van der Waals surface area contributed by atoms with Gasteiger partial charge >= 0.3 is 0 Å². The van der Waals surface area contributed by atoms with Crippen LogP contribution in [0.15, 0.2) is 64.4 Å². The summed E-state index contributed by atoms with van der Waals surface area (Å²) in [4.78, 5) is 16.0. The van der Waals surface area contributed by atoms with Gasteiger partial charge in [-0.1, -0.05) is 24.3 Å². The van der Waals surface area contributed by atoms with Crippen molar-refractivity contribution >= 4 is 27.5 Å². The number of hydrogen-bond acceptors (Lipinski definition) is 8.